The fraction of sp³-hybridized carbons (Fsp3) is 0.444. The molecule has 0 bridgehead atoms. The van der Waals surface area contributed by atoms with Crippen LogP contribution in [-0.2, 0) is 24.1 Å². The lowest BCUT2D eigenvalue weighted by molar-refractivity contribution is -0.127. The summed E-state index contributed by atoms with van der Waals surface area (Å²) in [5.41, 5.74) is 1.27. The summed E-state index contributed by atoms with van der Waals surface area (Å²) in [6.07, 6.45) is 4.97. The van der Waals surface area contributed by atoms with Gasteiger partial charge in [-0.05, 0) is 50.8 Å². The molecule has 1 aliphatic rings. The maximum atomic E-state index is 12.1. The van der Waals surface area contributed by atoms with Gasteiger partial charge in [0.25, 0.3) is 5.91 Å². The number of aryl methyl sites for hydroxylation is 2. The van der Waals surface area contributed by atoms with Crippen molar-refractivity contribution in [3.8, 4) is 5.75 Å². The van der Waals surface area contributed by atoms with Crippen LogP contribution < -0.4 is 10.1 Å². The smallest absolute Gasteiger partial charge is 0.260 e. The van der Waals surface area contributed by atoms with Gasteiger partial charge >= 0.3 is 0 Å². The van der Waals surface area contributed by atoms with E-state index in [9.17, 15) is 4.79 Å². The standard InChI is InChI=1S/C18H21ClN2O2S/c1-12(23-14-6-4-5-13(19)11-14)18(22)20-10-9-17-21-15-7-2-3-8-16(15)24-17/h4-6,11-12H,2-3,7-10H2,1H3,(H,20,22). The van der Waals surface area contributed by atoms with Gasteiger partial charge in [0, 0.05) is 22.9 Å². The summed E-state index contributed by atoms with van der Waals surface area (Å²) in [7, 11) is 0. The van der Waals surface area contributed by atoms with Crippen LogP contribution in [0.15, 0.2) is 24.3 Å². The van der Waals surface area contributed by atoms with Gasteiger partial charge in [-0.1, -0.05) is 17.7 Å². The van der Waals surface area contributed by atoms with Crippen molar-refractivity contribution in [2.75, 3.05) is 6.54 Å². The minimum absolute atomic E-state index is 0.128. The Bertz CT molecular complexity index is 693. The highest BCUT2D eigenvalue weighted by Crippen LogP contribution is 2.26. The van der Waals surface area contributed by atoms with Gasteiger partial charge in [-0.15, -0.1) is 11.3 Å². The average molecular weight is 365 g/mol. The molecule has 128 valence electrons. The molecule has 1 atom stereocenters. The highest BCUT2D eigenvalue weighted by Gasteiger charge is 2.17. The summed E-state index contributed by atoms with van der Waals surface area (Å²) in [6, 6.07) is 7.06. The Kier molecular flexibility index (Phi) is 5.74. The second kappa shape index (κ2) is 7.99. The molecule has 24 heavy (non-hydrogen) atoms. The number of hydrogen-bond acceptors (Lipinski definition) is 4. The second-order valence-electron chi connectivity index (χ2n) is 5.94. The number of nitrogens with zero attached hydrogens (tertiary/aromatic N) is 1. The van der Waals surface area contributed by atoms with Gasteiger partial charge in [-0.3, -0.25) is 4.79 Å². The molecule has 3 rings (SSSR count). The van der Waals surface area contributed by atoms with Gasteiger partial charge in [0.15, 0.2) is 6.10 Å². The van der Waals surface area contributed by atoms with Crippen LogP contribution in [0.5, 0.6) is 5.75 Å². The maximum Gasteiger partial charge on any atom is 0.260 e. The Labute approximate surface area is 151 Å². The van der Waals surface area contributed by atoms with E-state index in [2.05, 4.69) is 5.32 Å². The highest BCUT2D eigenvalue weighted by molar-refractivity contribution is 7.11. The number of carbonyl (C=O) groups excluding carboxylic acids is 1. The fourth-order valence-electron chi connectivity index (χ4n) is 2.75. The molecule has 0 aliphatic heterocycles. The van der Waals surface area contributed by atoms with Crippen LogP contribution in [0.25, 0.3) is 0 Å². The van der Waals surface area contributed by atoms with E-state index in [1.807, 2.05) is 0 Å². The van der Waals surface area contributed by atoms with Gasteiger partial charge in [-0.2, -0.15) is 0 Å². The summed E-state index contributed by atoms with van der Waals surface area (Å²) >= 11 is 7.71. The average Bonchev–Trinajstić information content (AvgIpc) is 2.97. The number of ether oxygens (including phenoxy) is 1. The number of rotatable bonds is 6. The first kappa shape index (κ1) is 17.2. The molecule has 1 heterocycles. The van der Waals surface area contributed by atoms with Gasteiger partial charge in [0.1, 0.15) is 5.75 Å². The first-order valence-corrected chi connectivity index (χ1v) is 9.48. The third-order valence-corrected chi connectivity index (χ3v) is 5.46. The minimum Gasteiger partial charge on any atom is -0.481 e. The molecule has 0 saturated heterocycles. The third-order valence-electron chi connectivity index (χ3n) is 4.01. The predicted octanol–water partition coefficient (Wildman–Crippen LogP) is 3.80. The molecule has 2 aromatic rings. The van der Waals surface area contributed by atoms with E-state index in [-0.39, 0.29) is 5.91 Å². The quantitative estimate of drug-likeness (QED) is 0.848. The van der Waals surface area contributed by atoms with Crippen LogP contribution in [0.1, 0.15) is 35.3 Å². The normalized spacial score (nSPS) is 14.8. The summed E-state index contributed by atoms with van der Waals surface area (Å²) in [6.45, 7) is 2.31. The molecule has 1 aromatic carbocycles. The van der Waals surface area contributed by atoms with Gasteiger partial charge in [-0.25, -0.2) is 4.98 Å². The lowest BCUT2D eigenvalue weighted by Crippen LogP contribution is -2.37. The molecule has 6 heteroatoms. The molecule has 1 aromatic heterocycles. The lowest BCUT2D eigenvalue weighted by Gasteiger charge is -2.14. The molecule has 4 nitrogen and oxygen atoms in total. The van der Waals surface area contributed by atoms with Gasteiger partial charge in [0.05, 0.1) is 10.7 Å². The van der Waals surface area contributed by atoms with Crippen molar-refractivity contribution in [3.63, 3.8) is 0 Å². The number of aromatic nitrogens is 1. The van der Waals surface area contributed by atoms with Crippen molar-refractivity contribution in [1.82, 2.24) is 10.3 Å². The van der Waals surface area contributed by atoms with Crippen molar-refractivity contribution >= 4 is 28.8 Å². The van der Waals surface area contributed by atoms with E-state index < -0.39 is 6.10 Å². The number of hydrogen-bond donors (Lipinski definition) is 1. The summed E-state index contributed by atoms with van der Waals surface area (Å²) in [4.78, 5) is 18.3. The largest absolute Gasteiger partial charge is 0.481 e. The molecule has 0 saturated carbocycles. The van der Waals surface area contributed by atoms with Gasteiger partial charge in [0.2, 0.25) is 0 Å². The number of fused-ring (bicyclic) bond motifs is 1. The number of carbonyl (C=O) groups is 1. The molecule has 1 N–H and O–H groups in total. The zero-order valence-corrected chi connectivity index (χ0v) is 15.3. The first-order valence-electron chi connectivity index (χ1n) is 8.29. The predicted molar refractivity (Wildman–Crippen MR) is 97.0 cm³/mol. The van der Waals surface area contributed by atoms with Crippen molar-refractivity contribution in [3.05, 3.63) is 44.9 Å². The summed E-state index contributed by atoms with van der Waals surface area (Å²) in [5, 5.41) is 4.62. The molecule has 1 aliphatic carbocycles. The Morgan fingerprint density at radius 3 is 3.04 bits per heavy atom. The van der Waals surface area contributed by atoms with Crippen LogP contribution in [0.4, 0.5) is 0 Å². The van der Waals surface area contributed by atoms with E-state index >= 15 is 0 Å². The van der Waals surface area contributed by atoms with E-state index in [0.29, 0.717) is 17.3 Å². The number of amides is 1. The van der Waals surface area contributed by atoms with Crippen LogP contribution in [-0.4, -0.2) is 23.5 Å². The van der Waals surface area contributed by atoms with E-state index in [4.69, 9.17) is 21.3 Å². The molecular weight excluding hydrogens is 344 g/mol. The SMILES string of the molecule is CC(Oc1cccc(Cl)c1)C(=O)NCCc1nc2c(s1)CCCC2. The zero-order chi connectivity index (χ0) is 16.9. The maximum absolute atomic E-state index is 12.1. The zero-order valence-electron chi connectivity index (χ0n) is 13.7. The van der Waals surface area contributed by atoms with E-state index in [0.717, 1.165) is 24.3 Å². The molecule has 1 unspecified atom stereocenters. The molecule has 0 fully saturated rings. The van der Waals surface area contributed by atoms with Crippen molar-refractivity contribution in [2.24, 2.45) is 0 Å². The van der Waals surface area contributed by atoms with Crippen LogP contribution >= 0.6 is 22.9 Å². The number of halogens is 1. The lowest BCUT2D eigenvalue weighted by atomic mass is 10.0. The Morgan fingerprint density at radius 1 is 1.42 bits per heavy atom. The van der Waals surface area contributed by atoms with Crippen LogP contribution in [0.3, 0.4) is 0 Å². The van der Waals surface area contributed by atoms with Crippen LogP contribution in [0.2, 0.25) is 5.02 Å². The van der Waals surface area contributed by atoms with Crippen LogP contribution in [0, 0.1) is 0 Å². The number of benzene rings is 1. The number of thiazole rings is 1. The van der Waals surface area contributed by atoms with Crippen molar-refractivity contribution in [1.29, 1.82) is 0 Å². The first-order chi connectivity index (χ1) is 11.6. The molecule has 0 radical (unpaired) electrons. The highest BCUT2D eigenvalue weighted by atomic mass is 35.5. The number of nitrogens with one attached hydrogen (secondary N) is 1. The summed E-state index contributed by atoms with van der Waals surface area (Å²) in [5.74, 6) is 0.467. The fourth-order valence-corrected chi connectivity index (χ4v) is 4.08. The topological polar surface area (TPSA) is 51.2 Å². The third kappa shape index (κ3) is 4.48. The van der Waals surface area contributed by atoms with E-state index in [1.165, 1.54) is 23.4 Å². The van der Waals surface area contributed by atoms with Crippen molar-refractivity contribution in [2.45, 2.75) is 45.1 Å². The van der Waals surface area contributed by atoms with E-state index in [1.54, 1.807) is 42.5 Å². The second-order valence-corrected chi connectivity index (χ2v) is 7.55. The van der Waals surface area contributed by atoms with Gasteiger partial charge < -0.3 is 10.1 Å². The molecule has 0 spiro atoms. The Morgan fingerprint density at radius 2 is 2.25 bits per heavy atom. The molecule has 1 amide bonds. The minimum atomic E-state index is -0.562. The Hall–Kier alpha value is -1.59. The Balaban J connectivity index is 1.45. The monoisotopic (exact) mass is 364 g/mol. The molecular formula is C18H21ClN2O2S. The summed E-state index contributed by atoms with van der Waals surface area (Å²) < 4.78 is 5.62. The van der Waals surface area contributed by atoms with Crippen molar-refractivity contribution < 1.29 is 9.53 Å².